The highest BCUT2D eigenvalue weighted by atomic mass is 16.2. The van der Waals surface area contributed by atoms with E-state index in [9.17, 15) is 9.59 Å². The maximum atomic E-state index is 12.9. The number of para-hydroxylation sites is 2. The summed E-state index contributed by atoms with van der Waals surface area (Å²) in [4.78, 5) is 29.3. The van der Waals surface area contributed by atoms with Crippen LogP contribution >= 0.6 is 0 Å². The Kier molecular flexibility index (Phi) is 4.14. The summed E-state index contributed by atoms with van der Waals surface area (Å²) < 4.78 is 0. The van der Waals surface area contributed by atoms with Crippen LogP contribution in [0.4, 0.5) is 11.4 Å². The number of hydrogen-bond acceptors (Lipinski definition) is 3. The zero-order valence-corrected chi connectivity index (χ0v) is 14.0. The smallest absolute Gasteiger partial charge is 0.237 e. The quantitative estimate of drug-likeness (QED) is 0.856. The Morgan fingerprint density at radius 3 is 2.36 bits per heavy atom. The summed E-state index contributed by atoms with van der Waals surface area (Å²) >= 11 is 0. The van der Waals surface area contributed by atoms with E-state index in [0.717, 1.165) is 24.3 Å². The third-order valence-electron chi connectivity index (χ3n) is 5.03. The summed E-state index contributed by atoms with van der Waals surface area (Å²) in [5.41, 5.74) is 3.03. The molecule has 1 fully saturated rings. The topological polar surface area (TPSA) is 52.7 Å². The van der Waals surface area contributed by atoms with Crippen molar-refractivity contribution in [3.8, 4) is 0 Å². The Morgan fingerprint density at radius 1 is 0.920 bits per heavy atom. The van der Waals surface area contributed by atoms with Crippen LogP contribution in [0.2, 0.25) is 0 Å². The average Bonchev–Trinajstić information content (AvgIpc) is 2.68. The first kappa shape index (κ1) is 15.7. The van der Waals surface area contributed by atoms with E-state index in [1.54, 1.807) is 0 Å². The number of nitrogens with zero attached hydrogens (tertiary/aromatic N) is 2. The van der Waals surface area contributed by atoms with Crippen LogP contribution in [0.3, 0.4) is 0 Å². The van der Waals surface area contributed by atoms with E-state index in [1.807, 2.05) is 47.4 Å². The van der Waals surface area contributed by atoms with Crippen LogP contribution in [0.25, 0.3) is 0 Å². The fraction of sp³-hybridized carbons (Fsp3) is 0.300. The maximum absolute atomic E-state index is 12.9. The van der Waals surface area contributed by atoms with Gasteiger partial charge in [0, 0.05) is 37.6 Å². The molecule has 5 heteroatoms. The Morgan fingerprint density at radius 2 is 1.60 bits per heavy atom. The molecule has 25 heavy (non-hydrogen) atoms. The lowest BCUT2D eigenvalue weighted by Crippen LogP contribution is -2.52. The van der Waals surface area contributed by atoms with Crippen molar-refractivity contribution in [2.75, 3.05) is 36.4 Å². The van der Waals surface area contributed by atoms with Gasteiger partial charge in [-0.15, -0.1) is 0 Å². The van der Waals surface area contributed by atoms with Gasteiger partial charge >= 0.3 is 0 Å². The van der Waals surface area contributed by atoms with Gasteiger partial charge in [0.15, 0.2) is 0 Å². The molecule has 0 aromatic heterocycles. The molecule has 0 aliphatic carbocycles. The minimum absolute atomic E-state index is 0.0558. The second kappa shape index (κ2) is 6.59. The SMILES string of the molecule is O=C1Nc2ccccc2CC1C(=O)N1CCN(c2ccccc2)CC1. The number of piperazine rings is 1. The van der Waals surface area contributed by atoms with Crippen LogP contribution in [-0.2, 0) is 16.0 Å². The summed E-state index contributed by atoms with van der Waals surface area (Å²) in [5, 5.41) is 2.87. The summed E-state index contributed by atoms with van der Waals surface area (Å²) in [6.45, 7) is 2.89. The van der Waals surface area contributed by atoms with E-state index in [2.05, 4.69) is 22.3 Å². The summed E-state index contributed by atoms with van der Waals surface area (Å²) in [6.07, 6.45) is 0.486. The molecule has 2 amide bonds. The van der Waals surface area contributed by atoms with Gasteiger partial charge in [-0.3, -0.25) is 9.59 Å². The van der Waals surface area contributed by atoms with Gasteiger partial charge in [0.2, 0.25) is 11.8 Å². The Bertz CT molecular complexity index is 783. The Balaban J connectivity index is 1.42. The predicted molar refractivity (Wildman–Crippen MR) is 97.5 cm³/mol. The van der Waals surface area contributed by atoms with Crippen molar-refractivity contribution in [2.24, 2.45) is 5.92 Å². The Hall–Kier alpha value is -2.82. The number of nitrogens with one attached hydrogen (secondary N) is 1. The normalized spacial score (nSPS) is 20.0. The lowest BCUT2D eigenvalue weighted by Gasteiger charge is -2.38. The number of hydrogen-bond donors (Lipinski definition) is 1. The van der Waals surface area contributed by atoms with Gasteiger partial charge in [0.25, 0.3) is 0 Å². The zero-order valence-electron chi connectivity index (χ0n) is 14.0. The van der Waals surface area contributed by atoms with Crippen molar-refractivity contribution in [3.05, 3.63) is 60.2 Å². The zero-order chi connectivity index (χ0) is 17.2. The molecule has 2 aromatic rings. The number of benzene rings is 2. The predicted octanol–water partition coefficient (Wildman–Crippen LogP) is 2.15. The average molecular weight is 335 g/mol. The van der Waals surface area contributed by atoms with E-state index < -0.39 is 5.92 Å². The standard InChI is InChI=1S/C20H21N3O2/c24-19-17(14-15-6-4-5-9-18(15)21-19)20(25)23-12-10-22(11-13-23)16-7-2-1-3-8-16/h1-9,17H,10-14H2,(H,21,24). The molecule has 1 saturated heterocycles. The Labute approximate surface area is 147 Å². The largest absolute Gasteiger partial charge is 0.368 e. The number of anilines is 2. The van der Waals surface area contributed by atoms with Crippen LogP contribution in [-0.4, -0.2) is 42.9 Å². The van der Waals surface area contributed by atoms with Gasteiger partial charge in [-0.1, -0.05) is 36.4 Å². The van der Waals surface area contributed by atoms with Crippen molar-refractivity contribution >= 4 is 23.2 Å². The molecule has 1 unspecified atom stereocenters. The van der Waals surface area contributed by atoms with Crippen molar-refractivity contribution < 1.29 is 9.59 Å². The molecule has 0 saturated carbocycles. The summed E-state index contributed by atoms with van der Waals surface area (Å²) in [5.74, 6) is -0.855. The molecule has 128 valence electrons. The van der Waals surface area contributed by atoms with Gasteiger partial charge in [0.05, 0.1) is 0 Å². The highest BCUT2D eigenvalue weighted by molar-refractivity contribution is 6.08. The second-order valence-electron chi connectivity index (χ2n) is 6.55. The van der Waals surface area contributed by atoms with Crippen LogP contribution in [0.5, 0.6) is 0 Å². The minimum Gasteiger partial charge on any atom is -0.368 e. The number of amides is 2. The molecule has 2 heterocycles. The molecule has 4 rings (SSSR count). The van der Waals surface area contributed by atoms with E-state index in [1.165, 1.54) is 5.69 Å². The fourth-order valence-electron chi connectivity index (χ4n) is 3.60. The maximum Gasteiger partial charge on any atom is 0.237 e. The van der Waals surface area contributed by atoms with Crippen LogP contribution < -0.4 is 10.2 Å². The van der Waals surface area contributed by atoms with Crippen molar-refractivity contribution in [1.29, 1.82) is 0 Å². The highest BCUT2D eigenvalue weighted by Gasteiger charge is 2.35. The molecule has 0 bridgehead atoms. The van der Waals surface area contributed by atoms with Gasteiger partial charge in [-0.25, -0.2) is 0 Å². The first-order valence-corrected chi connectivity index (χ1v) is 8.70. The third kappa shape index (κ3) is 3.09. The van der Waals surface area contributed by atoms with E-state index in [0.29, 0.717) is 19.5 Å². The fourth-order valence-corrected chi connectivity index (χ4v) is 3.60. The van der Waals surface area contributed by atoms with E-state index >= 15 is 0 Å². The molecule has 1 atom stereocenters. The van der Waals surface area contributed by atoms with E-state index in [-0.39, 0.29) is 11.8 Å². The molecule has 0 radical (unpaired) electrons. The number of carbonyl (C=O) groups is 2. The molecule has 2 aliphatic heterocycles. The van der Waals surface area contributed by atoms with Crippen LogP contribution in [0.15, 0.2) is 54.6 Å². The minimum atomic E-state index is -0.613. The highest BCUT2D eigenvalue weighted by Crippen LogP contribution is 2.27. The van der Waals surface area contributed by atoms with Gasteiger partial charge in [-0.2, -0.15) is 0 Å². The molecule has 5 nitrogen and oxygen atoms in total. The lowest BCUT2D eigenvalue weighted by molar-refractivity contribution is -0.140. The number of rotatable bonds is 2. The molecular formula is C20H21N3O2. The van der Waals surface area contributed by atoms with Crippen LogP contribution in [0, 0.1) is 5.92 Å². The third-order valence-corrected chi connectivity index (χ3v) is 5.03. The van der Waals surface area contributed by atoms with Gasteiger partial charge in [0.1, 0.15) is 5.92 Å². The van der Waals surface area contributed by atoms with Gasteiger partial charge < -0.3 is 15.1 Å². The monoisotopic (exact) mass is 335 g/mol. The molecular weight excluding hydrogens is 314 g/mol. The van der Waals surface area contributed by atoms with E-state index in [4.69, 9.17) is 0 Å². The van der Waals surface area contributed by atoms with Crippen molar-refractivity contribution in [2.45, 2.75) is 6.42 Å². The summed E-state index contributed by atoms with van der Waals surface area (Å²) in [6, 6.07) is 17.9. The first-order chi connectivity index (χ1) is 12.2. The lowest BCUT2D eigenvalue weighted by atomic mass is 9.92. The number of fused-ring (bicyclic) bond motifs is 1. The van der Waals surface area contributed by atoms with Gasteiger partial charge in [-0.05, 0) is 30.2 Å². The molecule has 2 aliphatic rings. The summed E-state index contributed by atoms with van der Waals surface area (Å²) in [7, 11) is 0. The van der Waals surface area contributed by atoms with Crippen LogP contribution in [0.1, 0.15) is 5.56 Å². The van der Waals surface area contributed by atoms with Crippen molar-refractivity contribution in [1.82, 2.24) is 4.90 Å². The second-order valence-corrected chi connectivity index (χ2v) is 6.55. The molecule has 0 spiro atoms. The van der Waals surface area contributed by atoms with Crippen molar-refractivity contribution in [3.63, 3.8) is 0 Å². The molecule has 2 aromatic carbocycles. The first-order valence-electron chi connectivity index (χ1n) is 8.70. The molecule has 1 N–H and O–H groups in total. The number of carbonyl (C=O) groups excluding carboxylic acids is 2.